The summed E-state index contributed by atoms with van der Waals surface area (Å²) in [4.78, 5) is 42.4. The van der Waals surface area contributed by atoms with Gasteiger partial charge in [-0.15, -0.1) is 0 Å². The zero-order chi connectivity index (χ0) is 26.6. The molecule has 2 aliphatic heterocycles. The van der Waals surface area contributed by atoms with Crippen LogP contribution in [0.2, 0.25) is 5.02 Å². The molecule has 4 heterocycles. The van der Waals surface area contributed by atoms with E-state index in [0.717, 1.165) is 63.0 Å². The van der Waals surface area contributed by atoms with Crippen LogP contribution in [0.25, 0.3) is 0 Å². The Hall–Kier alpha value is -2.91. The van der Waals surface area contributed by atoms with E-state index in [0.29, 0.717) is 31.2 Å². The third-order valence-corrected chi connectivity index (χ3v) is 8.19. The zero-order valence-electron chi connectivity index (χ0n) is 21.8. The molecule has 0 aromatic carbocycles. The molecular weight excluding hydrogens is 508 g/mol. The molecule has 1 unspecified atom stereocenters. The minimum absolute atomic E-state index is 0.0999. The molecule has 1 atom stereocenters. The first-order valence-corrected chi connectivity index (χ1v) is 14.0. The van der Waals surface area contributed by atoms with Crippen molar-refractivity contribution in [1.29, 1.82) is 0 Å². The number of rotatable bonds is 10. The van der Waals surface area contributed by atoms with Crippen molar-refractivity contribution < 1.29 is 19.1 Å². The Morgan fingerprint density at radius 3 is 2.92 bits per heavy atom. The number of methoxy groups -OCH3 is 1. The molecule has 38 heavy (non-hydrogen) atoms. The highest BCUT2D eigenvalue weighted by atomic mass is 35.5. The molecule has 5 rings (SSSR count). The Balaban J connectivity index is 1.08. The van der Waals surface area contributed by atoms with Gasteiger partial charge in [0.15, 0.2) is 0 Å². The molecule has 2 aromatic heterocycles. The molecule has 0 radical (unpaired) electrons. The average molecular weight is 543 g/mol. The van der Waals surface area contributed by atoms with Crippen LogP contribution in [0.4, 0.5) is 5.82 Å². The molecule has 204 valence electrons. The number of carbonyl (C=O) groups excluding carboxylic acids is 2. The van der Waals surface area contributed by atoms with Crippen LogP contribution in [-0.4, -0.2) is 53.8 Å². The lowest BCUT2D eigenvalue weighted by Gasteiger charge is -2.35. The predicted molar refractivity (Wildman–Crippen MR) is 144 cm³/mol. The van der Waals surface area contributed by atoms with Gasteiger partial charge in [0.25, 0.3) is 11.5 Å². The van der Waals surface area contributed by atoms with E-state index in [-0.39, 0.29) is 28.7 Å². The number of amides is 1. The van der Waals surface area contributed by atoms with Crippen molar-refractivity contribution in [3.8, 4) is 0 Å². The fraction of sp³-hybridized carbons (Fsp3) is 0.571. The molecule has 1 amide bonds. The quantitative estimate of drug-likeness (QED) is 0.443. The molecule has 0 saturated heterocycles. The van der Waals surface area contributed by atoms with Crippen molar-refractivity contribution in [3.05, 3.63) is 56.1 Å². The summed E-state index contributed by atoms with van der Waals surface area (Å²) in [6.07, 6.45) is 8.08. The first-order chi connectivity index (χ1) is 18.4. The summed E-state index contributed by atoms with van der Waals surface area (Å²) >= 11 is 6.26. The summed E-state index contributed by atoms with van der Waals surface area (Å²) in [7, 11) is 1.29. The Bertz CT molecular complexity index is 1260. The van der Waals surface area contributed by atoms with Crippen LogP contribution in [0.1, 0.15) is 65.8 Å². The van der Waals surface area contributed by atoms with Gasteiger partial charge in [-0.05, 0) is 68.9 Å². The number of aryl methyl sites for hydroxylation is 2. The largest absolute Gasteiger partial charge is 0.467 e. The molecule has 9 nitrogen and oxygen atoms in total. The number of hydrogen-bond acceptors (Lipinski definition) is 7. The molecule has 0 spiro atoms. The second-order valence-corrected chi connectivity index (χ2v) is 10.9. The number of anilines is 1. The highest BCUT2D eigenvalue weighted by molar-refractivity contribution is 6.34. The molecule has 0 bridgehead atoms. The SMILES string of the molecule is COC(=O)C(CCOC1CC(CCc2ccc3c(n2)NCCC3)C1)NC(=O)c1c(Cl)cc(=O)n2c1CCC2. The number of esters is 1. The van der Waals surface area contributed by atoms with Crippen molar-refractivity contribution in [2.24, 2.45) is 5.92 Å². The number of halogens is 1. The van der Waals surface area contributed by atoms with Gasteiger partial charge in [-0.1, -0.05) is 17.7 Å². The number of pyridine rings is 2. The third-order valence-electron chi connectivity index (χ3n) is 7.90. The molecule has 1 fully saturated rings. The summed E-state index contributed by atoms with van der Waals surface area (Å²) in [5, 5.41) is 6.24. The second-order valence-electron chi connectivity index (χ2n) is 10.5. The second kappa shape index (κ2) is 11.9. The predicted octanol–water partition coefficient (Wildman–Crippen LogP) is 3.29. The van der Waals surface area contributed by atoms with Crippen LogP contribution < -0.4 is 16.2 Å². The van der Waals surface area contributed by atoms with Crippen molar-refractivity contribution >= 4 is 29.3 Å². The van der Waals surface area contributed by atoms with E-state index in [4.69, 9.17) is 26.1 Å². The average Bonchev–Trinajstić information content (AvgIpc) is 3.38. The van der Waals surface area contributed by atoms with E-state index in [1.807, 2.05) is 0 Å². The lowest BCUT2D eigenvalue weighted by atomic mass is 9.79. The van der Waals surface area contributed by atoms with Crippen molar-refractivity contribution in [1.82, 2.24) is 14.9 Å². The van der Waals surface area contributed by atoms with Gasteiger partial charge >= 0.3 is 5.97 Å². The monoisotopic (exact) mass is 542 g/mol. The van der Waals surface area contributed by atoms with E-state index in [1.165, 1.54) is 18.7 Å². The van der Waals surface area contributed by atoms with E-state index in [2.05, 4.69) is 22.8 Å². The Morgan fingerprint density at radius 2 is 2.11 bits per heavy atom. The van der Waals surface area contributed by atoms with Gasteiger partial charge in [0.05, 0.1) is 23.8 Å². The Kier molecular flexibility index (Phi) is 8.33. The molecule has 2 N–H and O–H groups in total. The zero-order valence-corrected chi connectivity index (χ0v) is 22.5. The van der Waals surface area contributed by atoms with Gasteiger partial charge in [0, 0.05) is 43.6 Å². The van der Waals surface area contributed by atoms with E-state index in [1.54, 1.807) is 4.57 Å². The standard InChI is InChI=1S/C28H35ClN4O5/c1-37-28(36)22(32-27(35)25-21(29)16-24(34)33-12-3-5-23(25)33)10-13-38-20-14-17(15-20)6-8-19-9-7-18-4-2-11-30-26(18)31-19/h7,9,16-17,20,22H,2-6,8,10-15H2,1H3,(H,30,31)(H,32,35). The maximum atomic E-state index is 13.1. The van der Waals surface area contributed by atoms with Crippen LogP contribution in [0.3, 0.4) is 0 Å². The summed E-state index contributed by atoms with van der Waals surface area (Å²) < 4.78 is 12.5. The number of ether oxygens (including phenoxy) is 2. The van der Waals surface area contributed by atoms with Crippen molar-refractivity contribution in [3.63, 3.8) is 0 Å². The number of fused-ring (bicyclic) bond motifs is 2. The number of nitrogens with zero attached hydrogens (tertiary/aromatic N) is 2. The van der Waals surface area contributed by atoms with Crippen molar-refractivity contribution in [2.75, 3.05) is 25.6 Å². The van der Waals surface area contributed by atoms with Gasteiger partial charge in [-0.25, -0.2) is 9.78 Å². The van der Waals surface area contributed by atoms with E-state index >= 15 is 0 Å². The molecule has 3 aliphatic rings. The Morgan fingerprint density at radius 1 is 1.26 bits per heavy atom. The fourth-order valence-electron chi connectivity index (χ4n) is 5.69. The van der Waals surface area contributed by atoms with Crippen LogP contribution in [0.15, 0.2) is 23.0 Å². The topological polar surface area (TPSA) is 112 Å². The van der Waals surface area contributed by atoms with Crippen LogP contribution in [0, 0.1) is 5.92 Å². The highest BCUT2D eigenvalue weighted by Crippen LogP contribution is 2.34. The summed E-state index contributed by atoms with van der Waals surface area (Å²) in [6, 6.07) is 4.74. The first-order valence-electron chi connectivity index (χ1n) is 13.6. The highest BCUT2D eigenvalue weighted by Gasteiger charge is 2.31. The molecule has 1 aliphatic carbocycles. The van der Waals surface area contributed by atoms with Gasteiger partial charge in [-0.3, -0.25) is 9.59 Å². The molecule has 1 saturated carbocycles. The third kappa shape index (κ3) is 5.89. The van der Waals surface area contributed by atoms with Gasteiger partial charge in [0.2, 0.25) is 0 Å². The van der Waals surface area contributed by atoms with Gasteiger partial charge < -0.3 is 24.7 Å². The van der Waals surface area contributed by atoms with Crippen LogP contribution in [0.5, 0.6) is 0 Å². The molecule has 2 aromatic rings. The smallest absolute Gasteiger partial charge is 0.328 e. The van der Waals surface area contributed by atoms with Gasteiger partial charge in [0.1, 0.15) is 11.9 Å². The number of aromatic nitrogens is 2. The summed E-state index contributed by atoms with van der Waals surface area (Å²) in [5.74, 6) is 0.628. The summed E-state index contributed by atoms with van der Waals surface area (Å²) in [5.41, 5.74) is 3.09. The number of nitrogens with one attached hydrogen (secondary N) is 2. The number of hydrogen-bond donors (Lipinski definition) is 2. The van der Waals surface area contributed by atoms with Crippen molar-refractivity contribution in [2.45, 2.75) is 76.5 Å². The maximum Gasteiger partial charge on any atom is 0.328 e. The van der Waals surface area contributed by atoms with Crippen LogP contribution >= 0.6 is 11.6 Å². The Labute approximate surface area is 227 Å². The molecular formula is C28H35ClN4O5. The van der Waals surface area contributed by atoms with Crippen LogP contribution in [-0.2, 0) is 40.1 Å². The summed E-state index contributed by atoms with van der Waals surface area (Å²) in [6.45, 7) is 1.88. The van der Waals surface area contributed by atoms with E-state index in [9.17, 15) is 14.4 Å². The number of carbonyl (C=O) groups is 2. The van der Waals surface area contributed by atoms with E-state index < -0.39 is 17.9 Å². The lowest BCUT2D eigenvalue weighted by Crippen LogP contribution is -2.43. The minimum Gasteiger partial charge on any atom is -0.467 e. The first kappa shape index (κ1) is 26.7. The molecule has 10 heteroatoms. The van der Waals surface area contributed by atoms with Gasteiger partial charge in [-0.2, -0.15) is 0 Å². The fourth-order valence-corrected chi connectivity index (χ4v) is 5.98. The minimum atomic E-state index is -0.864. The lowest BCUT2D eigenvalue weighted by molar-refractivity contribution is -0.143. The maximum absolute atomic E-state index is 13.1. The normalized spacial score (nSPS) is 20.5.